The molecule has 7 heteroatoms. The number of carbonyl (C=O) groups excluding carboxylic acids is 2. The van der Waals surface area contributed by atoms with Crippen LogP contribution in [0.1, 0.15) is 12.5 Å². The summed E-state index contributed by atoms with van der Waals surface area (Å²) >= 11 is 0. The van der Waals surface area contributed by atoms with Crippen LogP contribution >= 0.6 is 0 Å². The minimum atomic E-state index is -0.390. The Morgan fingerprint density at radius 1 is 1.30 bits per heavy atom. The molecule has 7 nitrogen and oxygen atoms in total. The van der Waals surface area contributed by atoms with Crippen LogP contribution in [0.3, 0.4) is 0 Å². The molecule has 2 aliphatic heterocycles. The first kappa shape index (κ1) is 15.9. The third-order valence-electron chi connectivity index (χ3n) is 4.50. The fourth-order valence-electron chi connectivity index (χ4n) is 2.99. The van der Waals surface area contributed by atoms with Crippen molar-refractivity contribution in [1.82, 2.24) is 19.7 Å². The van der Waals surface area contributed by atoms with E-state index in [4.69, 9.17) is 4.74 Å². The zero-order chi connectivity index (χ0) is 16.4. The molecule has 3 amide bonds. The zero-order valence-corrected chi connectivity index (χ0v) is 13.5. The summed E-state index contributed by atoms with van der Waals surface area (Å²) in [5, 5.41) is 0. The van der Waals surface area contributed by atoms with Gasteiger partial charge >= 0.3 is 6.03 Å². The number of imide groups is 1. The molecule has 0 saturated carbocycles. The Balaban J connectivity index is 1.59. The highest BCUT2D eigenvalue weighted by Gasteiger charge is 2.41. The van der Waals surface area contributed by atoms with E-state index in [-0.39, 0.29) is 24.1 Å². The lowest BCUT2D eigenvalue weighted by Gasteiger charge is -2.34. The SMILES string of the molecule is C[C@H]1C(=O)N(CC2CN(Cc3ccncc3)CCO2)C(=O)N1C. The Kier molecular flexibility index (Phi) is 4.58. The lowest BCUT2D eigenvalue weighted by Crippen LogP contribution is -2.48. The van der Waals surface area contributed by atoms with Crippen molar-refractivity contribution < 1.29 is 14.3 Å². The van der Waals surface area contributed by atoms with Gasteiger partial charge in [-0.15, -0.1) is 0 Å². The van der Waals surface area contributed by atoms with E-state index in [1.807, 2.05) is 12.1 Å². The Morgan fingerprint density at radius 3 is 2.70 bits per heavy atom. The number of carbonyl (C=O) groups is 2. The molecule has 0 spiro atoms. The predicted octanol–water partition coefficient (Wildman–Crippen LogP) is 0.565. The van der Waals surface area contributed by atoms with Crippen LogP contribution in [0, 0.1) is 0 Å². The highest BCUT2D eigenvalue weighted by atomic mass is 16.5. The summed E-state index contributed by atoms with van der Waals surface area (Å²) in [5.41, 5.74) is 1.20. The Labute approximate surface area is 135 Å². The molecule has 1 unspecified atom stereocenters. The first-order chi connectivity index (χ1) is 11.1. The minimum absolute atomic E-state index is 0.141. The van der Waals surface area contributed by atoms with Crippen LogP contribution in [-0.4, -0.2) is 77.1 Å². The summed E-state index contributed by atoms with van der Waals surface area (Å²) in [4.78, 5) is 33.4. The summed E-state index contributed by atoms with van der Waals surface area (Å²) in [7, 11) is 1.66. The lowest BCUT2D eigenvalue weighted by molar-refractivity contribution is -0.130. The van der Waals surface area contributed by atoms with E-state index in [0.29, 0.717) is 19.7 Å². The normalized spacial score (nSPS) is 26.2. The van der Waals surface area contributed by atoms with E-state index >= 15 is 0 Å². The van der Waals surface area contributed by atoms with Crippen molar-refractivity contribution in [2.24, 2.45) is 0 Å². The van der Waals surface area contributed by atoms with Crippen molar-refractivity contribution in [3.05, 3.63) is 30.1 Å². The van der Waals surface area contributed by atoms with Crippen LogP contribution < -0.4 is 0 Å². The number of morpholine rings is 1. The number of rotatable bonds is 4. The Morgan fingerprint density at radius 2 is 2.04 bits per heavy atom. The second-order valence-electron chi connectivity index (χ2n) is 6.10. The van der Waals surface area contributed by atoms with Crippen molar-refractivity contribution in [2.45, 2.75) is 25.6 Å². The molecule has 3 rings (SSSR count). The monoisotopic (exact) mass is 318 g/mol. The maximum absolute atomic E-state index is 12.2. The number of amides is 3. The summed E-state index contributed by atoms with van der Waals surface area (Å²) < 4.78 is 5.76. The number of hydrogen-bond acceptors (Lipinski definition) is 5. The van der Waals surface area contributed by atoms with E-state index in [1.54, 1.807) is 26.4 Å². The molecular formula is C16H22N4O3. The third kappa shape index (κ3) is 3.35. The third-order valence-corrected chi connectivity index (χ3v) is 4.50. The molecular weight excluding hydrogens is 296 g/mol. The molecule has 0 radical (unpaired) electrons. The van der Waals surface area contributed by atoms with E-state index in [2.05, 4.69) is 9.88 Å². The van der Waals surface area contributed by atoms with Crippen molar-refractivity contribution in [1.29, 1.82) is 0 Å². The molecule has 1 aromatic rings. The molecule has 2 aliphatic rings. The molecule has 2 fully saturated rings. The second kappa shape index (κ2) is 6.64. The molecule has 0 bridgehead atoms. The van der Waals surface area contributed by atoms with Gasteiger partial charge in [0, 0.05) is 39.1 Å². The highest BCUT2D eigenvalue weighted by Crippen LogP contribution is 2.18. The summed E-state index contributed by atoms with van der Waals surface area (Å²) in [6, 6.07) is 3.36. The van der Waals surface area contributed by atoms with Crippen LogP contribution in [0.5, 0.6) is 0 Å². The standard InChI is InChI=1S/C16H22N4O3/c1-12-15(21)20(16(22)18(12)2)11-14-10-19(7-8-23-14)9-13-3-5-17-6-4-13/h3-6,12,14H,7-11H2,1-2H3/t12-,14?/m0/s1. The number of nitrogens with zero attached hydrogens (tertiary/aromatic N) is 4. The molecule has 3 heterocycles. The molecule has 2 atom stereocenters. The number of likely N-dealkylation sites (N-methyl/N-ethyl adjacent to an activating group) is 1. The van der Waals surface area contributed by atoms with Crippen LogP contribution in [0.15, 0.2) is 24.5 Å². The van der Waals surface area contributed by atoms with Gasteiger partial charge in [0.05, 0.1) is 19.3 Å². The second-order valence-corrected chi connectivity index (χ2v) is 6.10. The highest BCUT2D eigenvalue weighted by molar-refractivity contribution is 6.03. The van der Waals surface area contributed by atoms with Crippen LogP contribution in [0.25, 0.3) is 0 Å². The molecule has 0 aliphatic carbocycles. The maximum Gasteiger partial charge on any atom is 0.327 e. The summed E-state index contributed by atoms with van der Waals surface area (Å²) in [5.74, 6) is -0.146. The average Bonchev–Trinajstić information content (AvgIpc) is 2.74. The minimum Gasteiger partial charge on any atom is -0.374 e. The van der Waals surface area contributed by atoms with Gasteiger partial charge in [0.1, 0.15) is 6.04 Å². The number of urea groups is 1. The lowest BCUT2D eigenvalue weighted by atomic mass is 10.2. The number of aromatic nitrogens is 1. The van der Waals surface area contributed by atoms with Gasteiger partial charge in [0.15, 0.2) is 0 Å². The van der Waals surface area contributed by atoms with E-state index in [1.165, 1.54) is 15.4 Å². The van der Waals surface area contributed by atoms with Gasteiger partial charge < -0.3 is 9.64 Å². The zero-order valence-electron chi connectivity index (χ0n) is 13.5. The summed E-state index contributed by atoms with van der Waals surface area (Å²) in [6.45, 7) is 5.04. The van der Waals surface area contributed by atoms with Gasteiger partial charge in [-0.3, -0.25) is 19.6 Å². The van der Waals surface area contributed by atoms with E-state index in [0.717, 1.165) is 13.1 Å². The fourth-order valence-corrected chi connectivity index (χ4v) is 2.99. The predicted molar refractivity (Wildman–Crippen MR) is 83.6 cm³/mol. The number of pyridine rings is 1. The van der Waals surface area contributed by atoms with Gasteiger partial charge in [-0.1, -0.05) is 0 Å². The van der Waals surface area contributed by atoms with E-state index in [9.17, 15) is 9.59 Å². The summed E-state index contributed by atoms with van der Waals surface area (Å²) in [6.07, 6.45) is 3.43. The van der Waals surface area contributed by atoms with Gasteiger partial charge in [-0.05, 0) is 24.6 Å². The smallest absolute Gasteiger partial charge is 0.327 e. The van der Waals surface area contributed by atoms with Crippen molar-refractivity contribution in [2.75, 3.05) is 33.3 Å². The molecule has 0 N–H and O–H groups in total. The molecule has 23 heavy (non-hydrogen) atoms. The van der Waals surface area contributed by atoms with Gasteiger partial charge in [-0.2, -0.15) is 0 Å². The van der Waals surface area contributed by atoms with Crippen LogP contribution in [-0.2, 0) is 16.1 Å². The average molecular weight is 318 g/mol. The Bertz CT molecular complexity index is 560. The largest absolute Gasteiger partial charge is 0.374 e. The first-order valence-corrected chi connectivity index (χ1v) is 7.87. The fraction of sp³-hybridized carbons (Fsp3) is 0.562. The molecule has 0 aromatic carbocycles. The van der Waals surface area contributed by atoms with Gasteiger partial charge in [-0.25, -0.2) is 4.79 Å². The topological polar surface area (TPSA) is 66.0 Å². The quantitative estimate of drug-likeness (QED) is 0.759. The van der Waals surface area contributed by atoms with Crippen LogP contribution in [0.2, 0.25) is 0 Å². The molecule has 2 saturated heterocycles. The maximum atomic E-state index is 12.2. The first-order valence-electron chi connectivity index (χ1n) is 7.87. The van der Waals surface area contributed by atoms with Crippen molar-refractivity contribution in [3.8, 4) is 0 Å². The van der Waals surface area contributed by atoms with Crippen molar-refractivity contribution in [3.63, 3.8) is 0 Å². The molecule has 1 aromatic heterocycles. The van der Waals surface area contributed by atoms with Gasteiger partial charge in [0.25, 0.3) is 5.91 Å². The Hall–Kier alpha value is -1.99. The van der Waals surface area contributed by atoms with Crippen molar-refractivity contribution >= 4 is 11.9 Å². The van der Waals surface area contributed by atoms with E-state index < -0.39 is 0 Å². The van der Waals surface area contributed by atoms with Gasteiger partial charge in [0.2, 0.25) is 0 Å². The number of hydrogen-bond donors (Lipinski definition) is 0. The number of ether oxygens (including phenoxy) is 1. The molecule has 124 valence electrons. The van der Waals surface area contributed by atoms with Crippen LogP contribution in [0.4, 0.5) is 4.79 Å².